The third-order valence-corrected chi connectivity index (χ3v) is 2.02. The molecule has 0 amide bonds. The zero-order valence-electron chi connectivity index (χ0n) is 8.32. The van der Waals surface area contributed by atoms with Gasteiger partial charge < -0.3 is 15.0 Å². The minimum atomic E-state index is 0.214. The summed E-state index contributed by atoms with van der Waals surface area (Å²) in [5, 5.41) is 20.5. The summed E-state index contributed by atoms with van der Waals surface area (Å²) in [6.45, 7) is 1.76. The van der Waals surface area contributed by atoms with Crippen LogP contribution in [0.5, 0.6) is 0 Å². The average molecular weight is 193 g/mol. The molecule has 0 fully saturated rings. The molecule has 14 heavy (non-hydrogen) atoms. The molecule has 1 heterocycles. The molecule has 0 atom stereocenters. The van der Waals surface area contributed by atoms with Gasteiger partial charge in [-0.25, -0.2) is 0 Å². The topological polar surface area (TPSA) is 61.0 Å². The normalized spacial score (nSPS) is 10.1. The van der Waals surface area contributed by atoms with Gasteiger partial charge in [0.05, 0.1) is 0 Å². The molecule has 0 aliphatic heterocycles. The monoisotopic (exact) mass is 193 g/mol. The van der Waals surface area contributed by atoms with Crippen LogP contribution in [0.25, 0.3) is 0 Å². The standard InChI is InChI=1S/C10H15N3O/c1-13-8-9(5-10(13)6-11)7-12-3-2-4-14/h5,8,12,14H,2-4,7H2,1H3. The zero-order chi connectivity index (χ0) is 10.4. The maximum atomic E-state index is 8.72. The summed E-state index contributed by atoms with van der Waals surface area (Å²) >= 11 is 0. The van der Waals surface area contributed by atoms with Crippen molar-refractivity contribution >= 4 is 0 Å². The third kappa shape index (κ3) is 2.87. The zero-order valence-corrected chi connectivity index (χ0v) is 8.32. The van der Waals surface area contributed by atoms with E-state index in [0.717, 1.165) is 25.1 Å². The van der Waals surface area contributed by atoms with Gasteiger partial charge in [0.2, 0.25) is 0 Å². The van der Waals surface area contributed by atoms with E-state index in [0.29, 0.717) is 5.69 Å². The van der Waals surface area contributed by atoms with E-state index < -0.39 is 0 Å². The van der Waals surface area contributed by atoms with Crippen LogP contribution in [0.15, 0.2) is 12.3 Å². The molecule has 0 aliphatic rings. The van der Waals surface area contributed by atoms with Crippen LogP contribution in [0.2, 0.25) is 0 Å². The second-order valence-corrected chi connectivity index (χ2v) is 3.21. The van der Waals surface area contributed by atoms with Gasteiger partial charge in [-0.1, -0.05) is 0 Å². The lowest BCUT2D eigenvalue weighted by atomic mass is 10.3. The smallest absolute Gasteiger partial charge is 0.120 e. The van der Waals surface area contributed by atoms with Crippen molar-refractivity contribution in [1.82, 2.24) is 9.88 Å². The Kier molecular flexibility index (Phi) is 4.17. The predicted octanol–water partition coefficient (Wildman–Crippen LogP) is 0.369. The molecule has 76 valence electrons. The summed E-state index contributed by atoms with van der Waals surface area (Å²) in [7, 11) is 1.86. The fourth-order valence-corrected chi connectivity index (χ4v) is 1.28. The van der Waals surface area contributed by atoms with Crippen molar-refractivity contribution in [3.8, 4) is 6.07 Å². The molecule has 4 nitrogen and oxygen atoms in total. The van der Waals surface area contributed by atoms with E-state index in [1.54, 1.807) is 0 Å². The number of rotatable bonds is 5. The Morgan fingerprint density at radius 1 is 1.64 bits per heavy atom. The van der Waals surface area contributed by atoms with E-state index in [2.05, 4.69) is 11.4 Å². The summed E-state index contributed by atoms with van der Waals surface area (Å²) in [6.07, 6.45) is 2.70. The number of nitrogens with one attached hydrogen (secondary N) is 1. The molecule has 1 aromatic heterocycles. The molecule has 0 saturated carbocycles. The highest BCUT2D eigenvalue weighted by atomic mass is 16.3. The van der Waals surface area contributed by atoms with Crippen LogP contribution in [0, 0.1) is 11.3 Å². The van der Waals surface area contributed by atoms with Crippen LogP contribution >= 0.6 is 0 Å². The van der Waals surface area contributed by atoms with Crippen molar-refractivity contribution in [3.05, 3.63) is 23.5 Å². The van der Waals surface area contributed by atoms with Gasteiger partial charge in [0.25, 0.3) is 0 Å². The molecule has 0 aromatic carbocycles. The molecule has 0 spiro atoms. The van der Waals surface area contributed by atoms with Crippen molar-refractivity contribution in [1.29, 1.82) is 5.26 Å². The molecular weight excluding hydrogens is 178 g/mol. The summed E-state index contributed by atoms with van der Waals surface area (Å²) < 4.78 is 1.81. The minimum absolute atomic E-state index is 0.214. The Hall–Kier alpha value is -1.31. The highest BCUT2D eigenvalue weighted by Crippen LogP contribution is 2.05. The van der Waals surface area contributed by atoms with Crippen molar-refractivity contribution in [3.63, 3.8) is 0 Å². The number of nitrogens with zero attached hydrogens (tertiary/aromatic N) is 2. The number of aryl methyl sites for hydroxylation is 1. The van der Waals surface area contributed by atoms with E-state index in [-0.39, 0.29) is 6.61 Å². The lowest BCUT2D eigenvalue weighted by molar-refractivity contribution is 0.286. The van der Waals surface area contributed by atoms with E-state index >= 15 is 0 Å². The first kappa shape index (κ1) is 10.8. The van der Waals surface area contributed by atoms with Gasteiger partial charge >= 0.3 is 0 Å². The molecule has 4 heteroatoms. The average Bonchev–Trinajstić information content (AvgIpc) is 2.54. The summed E-state index contributed by atoms with van der Waals surface area (Å²) in [6, 6.07) is 3.98. The quantitative estimate of drug-likeness (QED) is 0.664. The Balaban J connectivity index is 2.40. The SMILES string of the molecule is Cn1cc(CNCCCO)cc1C#N. The Bertz CT molecular complexity index is 325. The van der Waals surface area contributed by atoms with Gasteiger partial charge in [-0.3, -0.25) is 0 Å². The Morgan fingerprint density at radius 2 is 2.43 bits per heavy atom. The maximum absolute atomic E-state index is 8.72. The fourth-order valence-electron chi connectivity index (χ4n) is 1.28. The second kappa shape index (κ2) is 5.43. The van der Waals surface area contributed by atoms with Gasteiger partial charge in [-0.05, 0) is 24.6 Å². The number of aliphatic hydroxyl groups is 1. The molecule has 1 aromatic rings. The highest BCUT2D eigenvalue weighted by molar-refractivity contribution is 5.28. The summed E-state index contributed by atoms with van der Waals surface area (Å²) in [5.74, 6) is 0. The van der Waals surface area contributed by atoms with Crippen LogP contribution < -0.4 is 5.32 Å². The molecular formula is C10H15N3O. The van der Waals surface area contributed by atoms with Crippen LogP contribution in [0.3, 0.4) is 0 Å². The van der Waals surface area contributed by atoms with Crippen LogP contribution in [-0.2, 0) is 13.6 Å². The molecule has 0 saturated heterocycles. The molecule has 0 radical (unpaired) electrons. The van der Waals surface area contributed by atoms with Crippen molar-refractivity contribution in [2.75, 3.05) is 13.2 Å². The van der Waals surface area contributed by atoms with Gasteiger partial charge in [-0.2, -0.15) is 5.26 Å². The minimum Gasteiger partial charge on any atom is -0.396 e. The Labute approximate surface area is 83.8 Å². The Morgan fingerprint density at radius 3 is 3.00 bits per heavy atom. The lowest BCUT2D eigenvalue weighted by Gasteiger charge is -2.00. The number of hydrogen-bond acceptors (Lipinski definition) is 3. The number of hydrogen-bond donors (Lipinski definition) is 2. The van der Waals surface area contributed by atoms with E-state index in [1.165, 1.54) is 0 Å². The molecule has 1 rings (SSSR count). The molecule has 0 aliphatic carbocycles. The molecule has 0 unspecified atom stereocenters. The van der Waals surface area contributed by atoms with Crippen LogP contribution in [-0.4, -0.2) is 22.8 Å². The predicted molar refractivity (Wildman–Crippen MR) is 53.5 cm³/mol. The van der Waals surface area contributed by atoms with Crippen molar-refractivity contribution < 1.29 is 5.11 Å². The second-order valence-electron chi connectivity index (χ2n) is 3.21. The number of aromatic nitrogens is 1. The highest BCUT2D eigenvalue weighted by Gasteiger charge is 2.00. The lowest BCUT2D eigenvalue weighted by Crippen LogP contribution is -2.15. The summed E-state index contributed by atoms with van der Waals surface area (Å²) in [5.41, 5.74) is 1.77. The van der Waals surface area contributed by atoms with Gasteiger partial charge in [0.15, 0.2) is 0 Å². The first-order valence-electron chi connectivity index (χ1n) is 4.65. The first-order valence-corrected chi connectivity index (χ1v) is 4.65. The number of aliphatic hydroxyl groups excluding tert-OH is 1. The van der Waals surface area contributed by atoms with Gasteiger partial charge in [0, 0.05) is 26.4 Å². The van der Waals surface area contributed by atoms with Gasteiger partial charge in [0.1, 0.15) is 11.8 Å². The van der Waals surface area contributed by atoms with E-state index in [4.69, 9.17) is 10.4 Å². The molecule has 2 N–H and O–H groups in total. The first-order chi connectivity index (χ1) is 6.77. The molecule has 0 bridgehead atoms. The van der Waals surface area contributed by atoms with Crippen molar-refractivity contribution in [2.24, 2.45) is 7.05 Å². The van der Waals surface area contributed by atoms with Gasteiger partial charge in [-0.15, -0.1) is 0 Å². The third-order valence-electron chi connectivity index (χ3n) is 2.02. The van der Waals surface area contributed by atoms with Crippen molar-refractivity contribution in [2.45, 2.75) is 13.0 Å². The maximum Gasteiger partial charge on any atom is 0.120 e. The van der Waals surface area contributed by atoms with E-state index in [1.807, 2.05) is 23.9 Å². The summed E-state index contributed by atoms with van der Waals surface area (Å²) in [4.78, 5) is 0. The fraction of sp³-hybridized carbons (Fsp3) is 0.500. The van der Waals surface area contributed by atoms with Crippen LogP contribution in [0.1, 0.15) is 17.7 Å². The number of nitriles is 1. The van der Waals surface area contributed by atoms with Crippen LogP contribution in [0.4, 0.5) is 0 Å². The van der Waals surface area contributed by atoms with E-state index in [9.17, 15) is 0 Å². The largest absolute Gasteiger partial charge is 0.396 e.